The van der Waals surface area contributed by atoms with Crippen molar-refractivity contribution in [3.63, 3.8) is 0 Å². The number of fused-ring (bicyclic) bond motifs is 1. The van der Waals surface area contributed by atoms with Gasteiger partial charge in [0.25, 0.3) is 0 Å². The van der Waals surface area contributed by atoms with Gasteiger partial charge in [-0.2, -0.15) is 0 Å². The normalized spacial score (nSPS) is 12.0. The van der Waals surface area contributed by atoms with Crippen molar-refractivity contribution in [2.75, 3.05) is 0 Å². The summed E-state index contributed by atoms with van der Waals surface area (Å²) in [6.07, 6.45) is 0.350. The van der Waals surface area contributed by atoms with E-state index in [2.05, 4.69) is 0 Å². The van der Waals surface area contributed by atoms with Gasteiger partial charge in [0.2, 0.25) is 0 Å². The Labute approximate surface area is 139 Å². The van der Waals surface area contributed by atoms with Crippen LogP contribution in [0.15, 0.2) is 66.7 Å². The van der Waals surface area contributed by atoms with Crippen molar-refractivity contribution >= 4 is 22.7 Å². The molecule has 4 heteroatoms. The maximum Gasteiger partial charge on any atom is 0.335 e. The molecule has 120 valence electrons. The molecule has 0 radical (unpaired) electrons. The third kappa shape index (κ3) is 3.13. The van der Waals surface area contributed by atoms with E-state index in [0.29, 0.717) is 12.0 Å². The van der Waals surface area contributed by atoms with E-state index in [-0.39, 0.29) is 5.56 Å². The summed E-state index contributed by atoms with van der Waals surface area (Å²) < 4.78 is 0. The van der Waals surface area contributed by atoms with Crippen molar-refractivity contribution in [2.24, 2.45) is 0 Å². The Hall–Kier alpha value is -3.14. The second-order valence-corrected chi connectivity index (χ2v) is 5.66. The number of carbonyl (C=O) groups is 2. The van der Waals surface area contributed by atoms with Crippen LogP contribution in [0.1, 0.15) is 27.4 Å². The number of hydrogen-bond acceptors (Lipinski definition) is 2. The molecule has 3 rings (SSSR count). The Kier molecular flexibility index (Phi) is 4.29. The van der Waals surface area contributed by atoms with E-state index in [1.807, 2.05) is 42.5 Å². The Bertz CT molecular complexity index is 892. The van der Waals surface area contributed by atoms with Crippen molar-refractivity contribution in [2.45, 2.75) is 12.3 Å². The predicted octanol–water partition coefficient (Wildman–Crippen LogP) is 3.95. The minimum atomic E-state index is -1.03. The molecule has 0 spiro atoms. The van der Waals surface area contributed by atoms with Crippen LogP contribution in [0.4, 0.5) is 0 Å². The molecule has 3 aromatic rings. The highest BCUT2D eigenvalue weighted by Crippen LogP contribution is 2.26. The van der Waals surface area contributed by atoms with Gasteiger partial charge >= 0.3 is 11.9 Å². The molecular formula is C20H16O4. The fourth-order valence-electron chi connectivity index (χ4n) is 2.90. The first-order valence-corrected chi connectivity index (χ1v) is 7.59. The molecule has 0 fully saturated rings. The first-order chi connectivity index (χ1) is 11.6. The highest BCUT2D eigenvalue weighted by Gasteiger charge is 2.21. The maximum atomic E-state index is 11.7. The SMILES string of the molecule is O=C(O)c1ccc(C(Cc2cccc3ccccc23)C(=O)O)cc1. The second-order valence-electron chi connectivity index (χ2n) is 5.66. The van der Waals surface area contributed by atoms with Gasteiger partial charge in [0.1, 0.15) is 0 Å². The molecule has 3 aromatic carbocycles. The third-order valence-corrected chi connectivity index (χ3v) is 4.16. The van der Waals surface area contributed by atoms with Crippen molar-refractivity contribution in [1.82, 2.24) is 0 Å². The molecule has 4 nitrogen and oxygen atoms in total. The van der Waals surface area contributed by atoms with Crippen LogP contribution in [0, 0.1) is 0 Å². The average Bonchev–Trinajstić information content (AvgIpc) is 2.59. The summed E-state index contributed by atoms with van der Waals surface area (Å²) in [6, 6.07) is 19.8. The lowest BCUT2D eigenvalue weighted by Gasteiger charge is -2.15. The molecule has 24 heavy (non-hydrogen) atoms. The van der Waals surface area contributed by atoms with Crippen LogP contribution in [0.25, 0.3) is 10.8 Å². The number of hydrogen-bond donors (Lipinski definition) is 2. The summed E-state index contributed by atoms with van der Waals surface area (Å²) in [7, 11) is 0. The Balaban J connectivity index is 1.97. The number of aromatic carboxylic acids is 1. The Morgan fingerprint density at radius 3 is 2.17 bits per heavy atom. The van der Waals surface area contributed by atoms with Gasteiger partial charge < -0.3 is 10.2 Å². The van der Waals surface area contributed by atoms with E-state index < -0.39 is 17.9 Å². The van der Waals surface area contributed by atoms with E-state index in [1.165, 1.54) is 12.1 Å². The van der Waals surface area contributed by atoms with E-state index in [0.717, 1.165) is 16.3 Å². The Morgan fingerprint density at radius 2 is 1.50 bits per heavy atom. The smallest absolute Gasteiger partial charge is 0.335 e. The van der Waals surface area contributed by atoms with Gasteiger partial charge in [0.05, 0.1) is 11.5 Å². The molecule has 0 saturated carbocycles. The number of aliphatic carboxylic acids is 1. The van der Waals surface area contributed by atoms with E-state index in [4.69, 9.17) is 5.11 Å². The molecular weight excluding hydrogens is 304 g/mol. The van der Waals surface area contributed by atoms with Crippen molar-refractivity contribution in [3.8, 4) is 0 Å². The first-order valence-electron chi connectivity index (χ1n) is 7.59. The van der Waals surface area contributed by atoms with Crippen molar-refractivity contribution in [1.29, 1.82) is 0 Å². The van der Waals surface area contributed by atoms with Crippen molar-refractivity contribution in [3.05, 3.63) is 83.4 Å². The summed E-state index contributed by atoms with van der Waals surface area (Å²) in [6.45, 7) is 0. The zero-order chi connectivity index (χ0) is 17.1. The van der Waals surface area contributed by atoms with E-state index in [1.54, 1.807) is 12.1 Å². The molecule has 0 amide bonds. The van der Waals surface area contributed by atoms with Crippen molar-refractivity contribution < 1.29 is 19.8 Å². The molecule has 0 aliphatic heterocycles. The lowest BCUT2D eigenvalue weighted by Crippen LogP contribution is -2.15. The van der Waals surface area contributed by atoms with E-state index in [9.17, 15) is 14.7 Å². The summed E-state index contributed by atoms with van der Waals surface area (Å²) in [5.74, 6) is -2.67. The molecule has 0 aliphatic rings. The van der Waals surface area contributed by atoms with Gasteiger partial charge in [-0.1, -0.05) is 54.6 Å². The summed E-state index contributed by atoms with van der Waals surface area (Å²) in [5.41, 5.74) is 1.70. The number of benzene rings is 3. The standard InChI is InChI=1S/C20H16O4/c21-19(22)15-10-8-14(9-11-15)18(20(23)24)12-16-6-3-5-13-4-1-2-7-17(13)16/h1-11,18H,12H2,(H,21,22)(H,23,24). The molecule has 0 saturated heterocycles. The van der Waals surface area contributed by atoms with Crippen LogP contribution in [-0.4, -0.2) is 22.2 Å². The highest BCUT2D eigenvalue weighted by molar-refractivity contribution is 5.88. The minimum absolute atomic E-state index is 0.146. The molecule has 2 N–H and O–H groups in total. The predicted molar refractivity (Wildman–Crippen MR) is 91.4 cm³/mol. The number of carboxylic acid groups (broad SMARTS) is 2. The van der Waals surface area contributed by atoms with Gasteiger partial charge in [-0.25, -0.2) is 4.79 Å². The monoisotopic (exact) mass is 320 g/mol. The lowest BCUT2D eigenvalue weighted by atomic mass is 9.89. The molecule has 1 atom stereocenters. The quantitative estimate of drug-likeness (QED) is 0.746. The van der Waals surface area contributed by atoms with Gasteiger partial charge in [0.15, 0.2) is 0 Å². The topological polar surface area (TPSA) is 74.6 Å². The largest absolute Gasteiger partial charge is 0.481 e. The molecule has 1 unspecified atom stereocenters. The third-order valence-electron chi connectivity index (χ3n) is 4.16. The number of carboxylic acids is 2. The fraction of sp³-hybridized carbons (Fsp3) is 0.100. The molecule has 0 aliphatic carbocycles. The van der Waals surface area contributed by atoms with Crippen LogP contribution in [0.2, 0.25) is 0 Å². The van der Waals surface area contributed by atoms with Gasteiger partial charge in [-0.3, -0.25) is 4.79 Å². The summed E-state index contributed by atoms with van der Waals surface area (Å²) >= 11 is 0. The van der Waals surface area contributed by atoms with Crippen LogP contribution < -0.4 is 0 Å². The average molecular weight is 320 g/mol. The van der Waals surface area contributed by atoms with Crippen LogP contribution in [0.5, 0.6) is 0 Å². The van der Waals surface area contributed by atoms with Crippen LogP contribution >= 0.6 is 0 Å². The molecule has 0 aromatic heterocycles. The molecule has 0 heterocycles. The van der Waals surface area contributed by atoms with Crippen LogP contribution in [-0.2, 0) is 11.2 Å². The second kappa shape index (κ2) is 6.54. The number of rotatable bonds is 5. The van der Waals surface area contributed by atoms with Gasteiger partial charge in [0, 0.05) is 0 Å². The highest BCUT2D eigenvalue weighted by atomic mass is 16.4. The minimum Gasteiger partial charge on any atom is -0.481 e. The summed E-state index contributed by atoms with van der Waals surface area (Å²) in [4.78, 5) is 22.7. The van der Waals surface area contributed by atoms with Gasteiger partial charge in [-0.05, 0) is 40.5 Å². The van der Waals surface area contributed by atoms with Crippen LogP contribution in [0.3, 0.4) is 0 Å². The first kappa shape index (κ1) is 15.7. The fourth-order valence-corrected chi connectivity index (χ4v) is 2.90. The van der Waals surface area contributed by atoms with Gasteiger partial charge in [-0.15, -0.1) is 0 Å². The summed E-state index contributed by atoms with van der Waals surface area (Å²) in [5, 5.41) is 20.7. The lowest BCUT2D eigenvalue weighted by molar-refractivity contribution is -0.138. The molecule has 0 bridgehead atoms. The zero-order valence-corrected chi connectivity index (χ0v) is 12.8. The zero-order valence-electron chi connectivity index (χ0n) is 12.8. The Morgan fingerprint density at radius 1 is 0.833 bits per heavy atom. The maximum absolute atomic E-state index is 11.7. The van der Waals surface area contributed by atoms with E-state index >= 15 is 0 Å².